The number of hydrogen-bond acceptors (Lipinski definition) is 4. The molecule has 1 aromatic heterocycles. The first-order valence-corrected chi connectivity index (χ1v) is 8.41. The van der Waals surface area contributed by atoms with E-state index >= 15 is 0 Å². The van der Waals surface area contributed by atoms with Crippen LogP contribution in [0.1, 0.15) is 11.3 Å². The molecule has 0 N–H and O–H groups in total. The molecule has 1 aromatic carbocycles. The molecule has 0 unspecified atom stereocenters. The highest BCUT2D eigenvalue weighted by atomic mass is 79.9. The summed E-state index contributed by atoms with van der Waals surface area (Å²) in [4.78, 5) is 16.0. The number of ether oxygens (including phenoxy) is 1. The third-order valence-corrected chi connectivity index (χ3v) is 3.65. The third-order valence-electron chi connectivity index (χ3n) is 3.42. The monoisotopic (exact) mass is 411 g/mol. The fourth-order valence-corrected chi connectivity index (χ4v) is 2.39. The Morgan fingerprint density at radius 2 is 2.12 bits per heavy atom. The van der Waals surface area contributed by atoms with Gasteiger partial charge in [0.2, 0.25) is 5.43 Å². The summed E-state index contributed by atoms with van der Waals surface area (Å²) in [6.07, 6.45) is 6.59. The van der Waals surface area contributed by atoms with E-state index in [1.54, 1.807) is 47.3 Å². The van der Waals surface area contributed by atoms with Gasteiger partial charge in [0.05, 0.1) is 11.4 Å². The largest absolute Gasteiger partial charge is 0.487 e. The van der Waals surface area contributed by atoms with Crippen molar-refractivity contribution in [3.8, 4) is 5.75 Å². The molecule has 0 fully saturated rings. The maximum Gasteiger partial charge on any atom is 0.206 e. The lowest BCUT2D eigenvalue weighted by Gasteiger charge is -2.10. The number of benzene rings is 1. The van der Waals surface area contributed by atoms with E-state index in [2.05, 4.69) is 52.5 Å². The molecule has 6 heteroatoms. The number of nitrogens with zero attached hydrogens (tertiary/aromatic N) is 3. The number of aromatic nitrogens is 2. The zero-order valence-electron chi connectivity index (χ0n) is 14.2. The SMILES string of the molecule is C=C/C(=C\C(=C)Br)n1ccc(=O)c(COc2ccc(N=C)c(C=C)c2)n1. The average Bonchev–Trinajstić information content (AvgIpc) is 2.65. The summed E-state index contributed by atoms with van der Waals surface area (Å²) in [7, 11) is 0. The molecule has 26 heavy (non-hydrogen) atoms. The van der Waals surface area contributed by atoms with E-state index in [9.17, 15) is 4.79 Å². The van der Waals surface area contributed by atoms with Crippen LogP contribution in [0.4, 0.5) is 5.69 Å². The van der Waals surface area contributed by atoms with Gasteiger partial charge in [0.25, 0.3) is 0 Å². The highest BCUT2D eigenvalue weighted by Gasteiger charge is 2.07. The van der Waals surface area contributed by atoms with E-state index in [4.69, 9.17) is 4.74 Å². The number of rotatable bonds is 8. The molecule has 0 saturated heterocycles. The Kier molecular flexibility index (Phi) is 6.63. The van der Waals surface area contributed by atoms with Gasteiger partial charge in [0.1, 0.15) is 18.1 Å². The van der Waals surface area contributed by atoms with Crippen LogP contribution in [0.25, 0.3) is 11.8 Å². The van der Waals surface area contributed by atoms with Crippen molar-refractivity contribution < 1.29 is 4.74 Å². The Morgan fingerprint density at radius 1 is 1.35 bits per heavy atom. The molecule has 5 nitrogen and oxygen atoms in total. The molecule has 0 amide bonds. The lowest BCUT2D eigenvalue weighted by molar-refractivity contribution is 0.297. The Hall–Kier alpha value is -2.99. The van der Waals surface area contributed by atoms with Gasteiger partial charge in [-0.3, -0.25) is 9.79 Å². The van der Waals surface area contributed by atoms with Crippen LogP contribution < -0.4 is 10.2 Å². The standard InChI is InChI=1S/C20H18BrN3O2/c1-5-15-12-17(7-8-18(15)22-4)26-13-19-20(25)9-10-24(23-19)16(6-2)11-14(3)21/h5-12H,1-4,13H2/b16-11+. The summed E-state index contributed by atoms with van der Waals surface area (Å²) in [5, 5.41) is 4.32. The van der Waals surface area contributed by atoms with Gasteiger partial charge in [-0.25, -0.2) is 4.68 Å². The van der Waals surface area contributed by atoms with Gasteiger partial charge in [0, 0.05) is 22.3 Å². The first-order valence-electron chi connectivity index (χ1n) is 7.62. The molecule has 2 aromatic rings. The van der Waals surface area contributed by atoms with Crippen molar-refractivity contribution in [1.29, 1.82) is 0 Å². The molecule has 0 radical (unpaired) electrons. The predicted molar refractivity (Wildman–Crippen MR) is 111 cm³/mol. The van der Waals surface area contributed by atoms with Gasteiger partial charge in [0.15, 0.2) is 0 Å². The van der Waals surface area contributed by atoms with Crippen LogP contribution in [-0.4, -0.2) is 16.5 Å². The van der Waals surface area contributed by atoms with E-state index in [0.717, 1.165) is 5.56 Å². The van der Waals surface area contributed by atoms with Crippen LogP contribution in [-0.2, 0) is 6.61 Å². The van der Waals surface area contributed by atoms with Gasteiger partial charge in [-0.15, -0.1) is 0 Å². The second kappa shape index (κ2) is 8.92. The van der Waals surface area contributed by atoms with Crippen LogP contribution in [0, 0.1) is 0 Å². The van der Waals surface area contributed by atoms with Crippen LogP contribution in [0.3, 0.4) is 0 Å². The summed E-state index contributed by atoms with van der Waals surface area (Å²) in [5.41, 5.74) is 2.23. The molecular weight excluding hydrogens is 394 g/mol. The summed E-state index contributed by atoms with van der Waals surface area (Å²) in [6.45, 7) is 14.8. The van der Waals surface area contributed by atoms with E-state index in [1.165, 1.54) is 6.07 Å². The molecule has 0 aliphatic rings. The minimum atomic E-state index is -0.212. The maximum atomic E-state index is 12.1. The van der Waals surface area contributed by atoms with Crippen molar-refractivity contribution in [1.82, 2.24) is 9.78 Å². The summed E-state index contributed by atoms with van der Waals surface area (Å²) in [5.74, 6) is 0.581. The molecular formula is C20H18BrN3O2. The molecule has 0 saturated carbocycles. The molecule has 0 aliphatic carbocycles. The molecule has 132 valence electrons. The van der Waals surface area contributed by atoms with Gasteiger partial charge in [-0.1, -0.05) is 41.7 Å². The minimum Gasteiger partial charge on any atom is -0.487 e. The smallest absolute Gasteiger partial charge is 0.206 e. The minimum absolute atomic E-state index is 0.0246. The second-order valence-corrected chi connectivity index (χ2v) is 6.18. The Labute approximate surface area is 160 Å². The van der Waals surface area contributed by atoms with Crippen LogP contribution >= 0.6 is 15.9 Å². The van der Waals surface area contributed by atoms with Gasteiger partial charge in [-0.05, 0) is 37.1 Å². The third kappa shape index (κ3) is 4.77. The number of aliphatic imine (C=N–C) groups is 1. The van der Waals surface area contributed by atoms with E-state index in [-0.39, 0.29) is 17.7 Å². The Balaban J connectivity index is 2.27. The van der Waals surface area contributed by atoms with Crippen molar-refractivity contribution in [2.75, 3.05) is 0 Å². The number of allylic oxidation sites excluding steroid dienone is 4. The highest BCUT2D eigenvalue weighted by molar-refractivity contribution is 9.11. The first kappa shape index (κ1) is 19.3. The molecule has 0 aliphatic heterocycles. The fraction of sp³-hybridized carbons (Fsp3) is 0.0500. The van der Waals surface area contributed by atoms with Crippen molar-refractivity contribution in [3.63, 3.8) is 0 Å². The predicted octanol–water partition coefficient (Wildman–Crippen LogP) is 4.73. The molecule has 1 heterocycles. The van der Waals surface area contributed by atoms with E-state index in [1.807, 2.05) is 0 Å². The lowest BCUT2D eigenvalue weighted by Crippen LogP contribution is -2.18. The quantitative estimate of drug-likeness (QED) is 0.465. The molecule has 0 bridgehead atoms. The molecule has 0 atom stereocenters. The summed E-state index contributed by atoms with van der Waals surface area (Å²) >= 11 is 3.27. The normalized spacial score (nSPS) is 10.9. The van der Waals surface area contributed by atoms with Crippen LogP contribution in [0.5, 0.6) is 5.75 Å². The van der Waals surface area contributed by atoms with Gasteiger partial charge in [-0.2, -0.15) is 5.10 Å². The van der Waals surface area contributed by atoms with Crippen molar-refractivity contribution in [2.45, 2.75) is 6.61 Å². The topological polar surface area (TPSA) is 56.5 Å². The molecule has 2 rings (SSSR count). The Morgan fingerprint density at radius 3 is 2.73 bits per heavy atom. The second-order valence-electron chi connectivity index (χ2n) is 5.16. The summed E-state index contributed by atoms with van der Waals surface area (Å²) in [6, 6.07) is 6.74. The average molecular weight is 412 g/mol. The van der Waals surface area contributed by atoms with Gasteiger partial charge >= 0.3 is 0 Å². The summed E-state index contributed by atoms with van der Waals surface area (Å²) < 4.78 is 7.91. The van der Waals surface area contributed by atoms with Gasteiger partial charge < -0.3 is 4.74 Å². The number of hydrogen-bond donors (Lipinski definition) is 0. The van der Waals surface area contributed by atoms with Crippen molar-refractivity contribution in [2.24, 2.45) is 4.99 Å². The molecule has 0 spiro atoms. The maximum absolute atomic E-state index is 12.1. The zero-order valence-corrected chi connectivity index (χ0v) is 15.8. The van der Waals surface area contributed by atoms with Crippen molar-refractivity contribution >= 4 is 40.1 Å². The van der Waals surface area contributed by atoms with E-state index in [0.29, 0.717) is 21.6 Å². The first-order chi connectivity index (χ1) is 12.5. The van der Waals surface area contributed by atoms with Crippen LogP contribution in [0.2, 0.25) is 0 Å². The van der Waals surface area contributed by atoms with Crippen LogP contribution in [0.15, 0.2) is 76.6 Å². The lowest BCUT2D eigenvalue weighted by atomic mass is 10.1. The van der Waals surface area contributed by atoms with E-state index < -0.39 is 0 Å². The van der Waals surface area contributed by atoms with Crippen molar-refractivity contribution in [3.05, 3.63) is 88.3 Å². The highest BCUT2D eigenvalue weighted by Crippen LogP contribution is 2.25. The number of halogens is 1. The fourth-order valence-electron chi connectivity index (χ4n) is 2.15. The zero-order chi connectivity index (χ0) is 19.1. The Bertz CT molecular complexity index is 958.